The minimum Gasteiger partial charge on any atom is -0.495 e. The molecule has 0 radical (unpaired) electrons. The molecular weight excluding hydrogens is 334 g/mol. The highest BCUT2D eigenvalue weighted by Gasteiger charge is 2.07. The highest BCUT2D eigenvalue weighted by atomic mass is 32.1. The first kappa shape index (κ1) is 16.9. The monoisotopic (exact) mass is 353 g/mol. The fraction of sp³-hybridized carbons (Fsp3) is 0.167. The number of aryl methyl sites for hydroxylation is 1. The number of ether oxygens (including phenoxy) is 1. The van der Waals surface area contributed by atoms with E-state index in [-0.39, 0.29) is 0 Å². The Kier molecular flexibility index (Phi) is 5.25. The van der Waals surface area contributed by atoms with E-state index >= 15 is 0 Å². The van der Waals surface area contributed by atoms with Crippen molar-refractivity contribution in [3.63, 3.8) is 0 Å². The summed E-state index contributed by atoms with van der Waals surface area (Å²) in [6, 6.07) is 15.8. The molecule has 0 aliphatic carbocycles. The first-order valence-electron chi connectivity index (χ1n) is 7.80. The Hall–Kier alpha value is -2.93. The fourth-order valence-corrected chi connectivity index (χ4v) is 2.63. The van der Waals surface area contributed by atoms with Gasteiger partial charge in [-0.3, -0.25) is 5.32 Å². The maximum absolute atomic E-state index is 5.31. The van der Waals surface area contributed by atoms with Crippen LogP contribution in [0.25, 0.3) is 0 Å². The van der Waals surface area contributed by atoms with Crippen LogP contribution in [-0.2, 0) is 6.54 Å². The minimum absolute atomic E-state index is 0.401. The summed E-state index contributed by atoms with van der Waals surface area (Å²) in [4.78, 5) is 4.24. The van der Waals surface area contributed by atoms with Gasteiger partial charge in [0.2, 0.25) is 5.95 Å². The zero-order valence-electron chi connectivity index (χ0n) is 14.1. The van der Waals surface area contributed by atoms with E-state index in [2.05, 4.69) is 45.8 Å². The molecule has 0 amide bonds. The normalized spacial score (nSPS) is 10.3. The zero-order valence-corrected chi connectivity index (χ0v) is 14.9. The van der Waals surface area contributed by atoms with Crippen LogP contribution in [0.15, 0.2) is 54.9 Å². The maximum atomic E-state index is 5.31. The van der Waals surface area contributed by atoms with Gasteiger partial charge in [-0.05, 0) is 36.8 Å². The van der Waals surface area contributed by atoms with Crippen LogP contribution in [0.3, 0.4) is 0 Å². The Morgan fingerprint density at radius 2 is 2.00 bits per heavy atom. The molecule has 1 heterocycles. The predicted octanol–water partition coefficient (Wildman–Crippen LogP) is 3.45. The lowest BCUT2D eigenvalue weighted by atomic mass is 10.1. The van der Waals surface area contributed by atoms with E-state index in [4.69, 9.17) is 17.0 Å². The molecule has 1 aromatic heterocycles. The lowest BCUT2D eigenvalue weighted by Crippen LogP contribution is -2.20. The number of nitrogens with zero attached hydrogens (tertiary/aromatic N) is 3. The number of hydrogen-bond donors (Lipinski definition) is 2. The zero-order chi connectivity index (χ0) is 17.6. The van der Waals surface area contributed by atoms with Crippen molar-refractivity contribution in [3.8, 4) is 5.75 Å². The Balaban J connectivity index is 1.62. The molecule has 0 aliphatic rings. The van der Waals surface area contributed by atoms with Gasteiger partial charge in [-0.1, -0.05) is 42.0 Å². The Morgan fingerprint density at radius 1 is 1.16 bits per heavy atom. The Labute approximate surface area is 151 Å². The van der Waals surface area contributed by atoms with Gasteiger partial charge in [-0.15, -0.1) is 5.10 Å². The molecule has 0 spiro atoms. The summed E-state index contributed by atoms with van der Waals surface area (Å²) in [6.07, 6.45) is 1.68. The number of thiocarbonyl (C=S) groups is 1. The summed E-state index contributed by atoms with van der Waals surface area (Å²) in [5, 5.41) is 10.9. The second-order valence-electron chi connectivity index (χ2n) is 5.53. The van der Waals surface area contributed by atoms with Crippen LogP contribution in [0.4, 0.5) is 11.6 Å². The second kappa shape index (κ2) is 7.76. The average Bonchev–Trinajstić information content (AvgIpc) is 3.02. The number of anilines is 2. The van der Waals surface area contributed by atoms with E-state index in [0.29, 0.717) is 23.4 Å². The predicted molar refractivity (Wildman–Crippen MR) is 103 cm³/mol. The fourth-order valence-electron chi connectivity index (χ4n) is 2.43. The standard InChI is InChI=1S/C18H19N5OS/c1-13-6-5-7-14(10-13)11-23-12-19-17(22-23)21-18(25)20-15-8-3-4-9-16(15)24-2/h3-10,12H,11H2,1-2H3,(H2,20,21,22,25). The van der Waals surface area contributed by atoms with Crippen LogP contribution in [0.1, 0.15) is 11.1 Å². The third kappa shape index (κ3) is 4.54. The number of aromatic nitrogens is 3. The van der Waals surface area contributed by atoms with E-state index in [0.717, 1.165) is 5.69 Å². The lowest BCUT2D eigenvalue weighted by Gasteiger charge is -2.11. The van der Waals surface area contributed by atoms with Gasteiger partial charge in [0.05, 0.1) is 19.3 Å². The number of hydrogen-bond acceptors (Lipinski definition) is 4. The van der Waals surface area contributed by atoms with Gasteiger partial charge in [0, 0.05) is 0 Å². The summed E-state index contributed by atoms with van der Waals surface area (Å²) in [6.45, 7) is 2.73. The van der Waals surface area contributed by atoms with Gasteiger partial charge >= 0.3 is 0 Å². The number of methoxy groups -OCH3 is 1. The van der Waals surface area contributed by atoms with Crippen LogP contribution >= 0.6 is 12.2 Å². The summed E-state index contributed by atoms with van der Waals surface area (Å²) in [7, 11) is 1.62. The van der Waals surface area contributed by atoms with E-state index < -0.39 is 0 Å². The van der Waals surface area contributed by atoms with Gasteiger partial charge in [-0.2, -0.15) is 0 Å². The van der Waals surface area contributed by atoms with Crippen LogP contribution in [0.2, 0.25) is 0 Å². The summed E-state index contributed by atoms with van der Waals surface area (Å²) >= 11 is 5.31. The van der Waals surface area contributed by atoms with Crippen molar-refractivity contribution in [1.29, 1.82) is 0 Å². The van der Waals surface area contributed by atoms with E-state index in [9.17, 15) is 0 Å². The molecule has 3 rings (SSSR count). The third-order valence-electron chi connectivity index (χ3n) is 3.54. The van der Waals surface area contributed by atoms with Gasteiger partial charge in [0.25, 0.3) is 0 Å². The van der Waals surface area contributed by atoms with Crippen molar-refractivity contribution in [2.45, 2.75) is 13.5 Å². The van der Waals surface area contributed by atoms with Crippen molar-refractivity contribution in [3.05, 3.63) is 66.0 Å². The Bertz CT molecular complexity index is 877. The molecule has 0 unspecified atom stereocenters. The van der Waals surface area contributed by atoms with Crippen LogP contribution < -0.4 is 15.4 Å². The highest BCUT2D eigenvalue weighted by molar-refractivity contribution is 7.80. The number of para-hydroxylation sites is 2. The third-order valence-corrected chi connectivity index (χ3v) is 3.75. The van der Waals surface area contributed by atoms with Crippen LogP contribution in [0, 0.1) is 6.92 Å². The molecule has 0 bridgehead atoms. The molecule has 2 aromatic carbocycles. The average molecular weight is 353 g/mol. The van der Waals surface area contributed by atoms with E-state index in [1.807, 2.05) is 30.3 Å². The molecule has 0 atom stereocenters. The van der Waals surface area contributed by atoms with Crippen molar-refractivity contribution in [1.82, 2.24) is 14.8 Å². The topological polar surface area (TPSA) is 64.0 Å². The van der Waals surface area contributed by atoms with Gasteiger partial charge < -0.3 is 10.1 Å². The SMILES string of the molecule is COc1ccccc1NC(=S)Nc1ncn(Cc2cccc(C)c2)n1. The van der Waals surface area contributed by atoms with Crippen molar-refractivity contribution in [2.24, 2.45) is 0 Å². The smallest absolute Gasteiger partial charge is 0.248 e. The van der Waals surface area contributed by atoms with Gasteiger partial charge in [-0.25, -0.2) is 9.67 Å². The van der Waals surface area contributed by atoms with Crippen LogP contribution in [0.5, 0.6) is 5.75 Å². The van der Waals surface area contributed by atoms with Crippen molar-refractivity contribution in [2.75, 3.05) is 17.7 Å². The number of benzene rings is 2. The molecule has 6 nitrogen and oxygen atoms in total. The quantitative estimate of drug-likeness (QED) is 0.685. The molecule has 0 saturated carbocycles. The maximum Gasteiger partial charge on any atom is 0.248 e. The molecule has 128 valence electrons. The van der Waals surface area contributed by atoms with Crippen molar-refractivity contribution < 1.29 is 4.74 Å². The van der Waals surface area contributed by atoms with Crippen LogP contribution in [-0.4, -0.2) is 27.0 Å². The molecule has 2 N–H and O–H groups in total. The molecule has 7 heteroatoms. The van der Waals surface area contributed by atoms with Gasteiger partial charge in [0.1, 0.15) is 12.1 Å². The molecule has 25 heavy (non-hydrogen) atoms. The molecule has 3 aromatic rings. The first-order chi connectivity index (χ1) is 12.1. The second-order valence-corrected chi connectivity index (χ2v) is 5.94. The first-order valence-corrected chi connectivity index (χ1v) is 8.21. The van der Waals surface area contributed by atoms with E-state index in [1.165, 1.54) is 11.1 Å². The molecule has 0 saturated heterocycles. The highest BCUT2D eigenvalue weighted by Crippen LogP contribution is 2.23. The summed E-state index contributed by atoms with van der Waals surface area (Å²) in [5.41, 5.74) is 3.17. The van der Waals surface area contributed by atoms with Crippen molar-refractivity contribution >= 4 is 29.0 Å². The van der Waals surface area contributed by atoms with E-state index in [1.54, 1.807) is 18.1 Å². The lowest BCUT2D eigenvalue weighted by molar-refractivity contribution is 0.417. The number of rotatable bonds is 5. The summed E-state index contributed by atoms with van der Waals surface area (Å²) in [5.74, 6) is 1.16. The largest absolute Gasteiger partial charge is 0.495 e. The molecule has 0 fully saturated rings. The molecular formula is C18H19N5OS. The summed E-state index contributed by atoms with van der Waals surface area (Å²) < 4.78 is 7.06. The molecule has 0 aliphatic heterocycles. The number of nitrogens with one attached hydrogen (secondary N) is 2. The minimum atomic E-state index is 0.401. The Morgan fingerprint density at radius 3 is 2.80 bits per heavy atom. The van der Waals surface area contributed by atoms with Gasteiger partial charge in [0.15, 0.2) is 5.11 Å².